The first-order chi connectivity index (χ1) is 12.7. The van der Waals surface area contributed by atoms with Gasteiger partial charge in [-0.05, 0) is 65.5 Å². The molecule has 1 aliphatic rings. The number of hydrogen-bond donors (Lipinski definition) is 1. The Balaban J connectivity index is 2.01. The number of nitrogens with one attached hydrogen (secondary N) is 1. The zero-order valence-electron chi connectivity index (χ0n) is 17.1. The fraction of sp³-hybridized carbons (Fsp3) is 0.619. The molecule has 1 heterocycles. The molecule has 1 unspecified atom stereocenters. The average molecular weight is 376 g/mol. The third-order valence-electron chi connectivity index (χ3n) is 4.58. The number of nitrogens with zero attached hydrogens (tertiary/aromatic N) is 1. The Labute approximate surface area is 162 Å². The zero-order valence-corrected chi connectivity index (χ0v) is 17.1. The van der Waals surface area contributed by atoms with Gasteiger partial charge in [0, 0.05) is 18.8 Å². The molecule has 2 rings (SSSR count). The van der Waals surface area contributed by atoms with Gasteiger partial charge in [-0.2, -0.15) is 0 Å². The summed E-state index contributed by atoms with van der Waals surface area (Å²) in [6.07, 6.45) is 1.16. The van der Waals surface area contributed by atoms with Crippen molar-refractivity contribution in [3.05, 3.63) is 29.8 Å². The molecule has 1 N–H and O–H groups in total. The van der Waals surface area contributed by atoms with Crippen LogP contribution in [0.15, 0.2) is 24.3 Å². The molecule has 1 aliphatic heterocycles. The van der Waals surface area contributed by atoms with Crippen molar-refractivity contribution in [3.8, 4) is 0 Å². The van der Waals surface area contributed by atoms with Gasteiger partial charge in [0.2, 0.25) is 0 Å². The maximum Gasteiger partial charge on any atom is 0.410 e. The predicted octanol–water partition coefficient (Wildman–Crippen LogP) is 3.99. The highest BCUT2D eigenvalue weighted by Gasteiger charge is 2.34. The average Bonchev–Trinajstić information content (AvgIpc) is 2.60. The number of aryl methyl sites for hydroxylation is 1. The highest BCUT2D eigenvalue weighted by Crippen LogP contribution is 2.26. The van der Waals surface area contributed by atoms with Gasteiger partial charge in [-0.15, -0.1) is 0 Å². The molecule has 1 saturated heterocycles. The van der Waals surface area contributed by atoms with Crippen LogP contribution in [0, 0.1) is 12.8 Å². The first kappa shape index (κ1) is 21.1. The number of hydrogen-bond acceptors (Lipinski definition) is 5. The van der Waals surface area contributed by atoms with E-state index in [9.17, 15) is 9.59 Å². The number of ether oxygens (including phenoxy) is 2. The fourth-order valence-corrected chi connectivity index (χ4v) is 3.17. The van der Waals surface area contributed by atoms with Crippen LogP contribution in [0.25, 0.3) is 0 Å². The molecule has 0 radical (unpaired) electrons. The van der Waals surface area contributed by atoms with Crippen LogP contribution >= 0.6 is 0 Å². The zero-order chi connectivity index (χ0) is 20.0. The third-order valence-corrected chi connectivity index (χ3v) is 4.58. The maximum atomic E-state index is 12.5. The van der Waals surface area contributed by atoms with Gasteiger partial charge in [0.15, 0.2) is 0 Å². The Kier molecular flexibility index (Phi) is 7.11. The molecule has 0 saturated carbocycles. The molecule has 1 aromatic carbocycles. The number of esters is 1. The summed E-state index contributed by atoms with van der Waals surface area (Å²) in [6.45, 7) is 10.9. The maximum absolute atomic E-state index is 12.5. The van der Waals surface area contributed by atoms with Gasteiger partial charge in [0.25, 0.3) is 0 Å². The number of likely N-dealkylation sites (tertiary alicyclic amines) is 1. The number of rotatable bonds is 5. The first-order valence-corrected chi connectivity index (χ1v) is 9.67. The van der Waals surface area contributed by atoms with Crippen LogP contribution < -0.4 is 5.32 Å². The molecule has 0 aliphatic carbocycles. The first-order valence-electron chi connectivity index (χ1n) is 9.67. The highest BCUT2D eigenvalue weighted by molar-refractivity contribution is 5.80. The topological polar surface area (TPSA) is 67.9 Å². The molecular formula is C21H32N2O4. The Morgan fingerprint density at radius 2 is 1.78 bits per heavy atom. The molecule has 0 bridgehead atoms. The summed E-state index contributed by atoms with van der Waals surface area (Å²) in [5.74, 6) is -0.141. The number of benzene rings is 1. The van der Waals surface area contributed by atoms with Crippen molar-refractivity contribution < 1.29 is 19.1 Å². The largest absolute Gasteiger partial charge is 0.464 e. The van der Waals surface area contributed by atoms with E-state index in [0.29, 0.717) is 19.7 Å². The number of carbonyl (C=O) groups is 2. The van der Waals surface area contributed by atoms with Crippen LogP contribution in [-0.2, 0) is 14.3 Å². The summed E-state index contributed by atoms with van der Waals surface area (Å²) in [4.78, 5) is 26.5. The second kappa shape index (κ2) is 9.11. The van der Waals surface area contributed by atoms with Gasteiger partial charge in [0.05, 0.1) is 6.61 Å². The van der Waals surface area contributed by atoms with Gasteiger partial charge in [-0.25, -0.2) is 9.59 Å². The smallest absolute Gasteiger partial charge is 0.410 e. The molecule has 1 aromatic rings. The van der Waals surface area contributed by atoms with E-state index < -0.39 is 11.6 Å². The van der Waals surface area contributed by atoms with E-state index in [1.165, 1.54) is 5.56 Å². The SMILES string of the molecule is CCOC(=O)C(Nc1ccc(C)cc1)C1CCN(C(=O)OC(C)(C)C)CC1. The van der Waals surface area contributed by atoms with Crippen molar-refractivity contribution in [1.82, 2.24) is 4.90 Å². The van der Waals surface area contributed by atoms with Crippen molar-refractivity contribution in [2.45, 2.75) is 59.1 Å². The number of amides is 1. The fourth-order valence-electron chi connectivity index (χ4n) is 3.17. The molecule has 27 heavy (non-hydrogen) atoms. The molecular weight excluding hydrogens is 344 g/mol. The second-order valence-electron chi connectivity index (χ2n) is 8.04. The molecule has 1 atom stereocenters. The van der Waals surface area contributed by atoms with Crippen LogP contribution in [0.2, 0.25) is 0 Å². The lowest BCUT2D eigenvalue weighted by atomic mass is 9.89. The molecule has 1 fully saturated rings. The number of piperidine rings is 1. The molecule has 0 aromatic heterocycles. The predicted molar refractivity (Wildman–Crippen MR) is 106 cm³/mol. The van der Waals surface area contributed by atoms with Crippen LogP contribution in [0.5, 0.6) is 0 Å². The van der Waals surface area contributed by atoms with E-state index in [0.717, 1.165) is 18.5 Å². The van der Waals surface area contributed by atoms with E-state index in [-0.39, 0.29) is 18.0 Å². The van der Waals surface area contributed by atoms with Crippen molar-refractivity contribution in [2.24, 2.45) is 5.92 Å². The van der Waals surface area contributed by atoms with Crippen LogP contribution in [0.3, 0.4) is 0 Å². The normalized spacial score (nSPS) is 16.6. The second-order valence-corrected chi connectivity index (χ2v) is 8.04. The Hall–Kier alpha value is -2.24. The van der Waals surface area contributed by atoms with Gasteiger partial charge in [0.1, 0.15) is 11.6 Å². The molecule has 1 amide bonds. The van der Waals surface area contributed by atoms with Crippen LogP contribution in [0.1, 0.15) is 46.1 Å². The van der Waals surface area contributed by atoms with E-state index in [1.54, 1.807) is 4.90 Å². The van der Waals surface area contributed by atoms with Gasteiger partial charge in [-0.3, -0.25) is 0 Å². The Morgan fingerprint density at radius 3 is 2.30 bits per heavy atom. The standard InChI is InChI=1S/C21H32N2O4/c1-6-26-19(24)18(22-17-9-7-15(2)8-10-17)16-11-13-23(14-12-16)20(25)27-21(3,4)5/h7-10,16,18,22H,6,11-14H2,1-5H3. The lowest BCUT2D eigenvalue weighted by molar-refractivity contribution is -0.145. The quantitative estimate of drug-likeness (QED) is 0.787. The number of anilines is 1. The Bertz CT molecular complexity index is 629. The van der Waals surface area contributed by atoms with Crippen LogP contribution in [-0.4, -0.2) is 48.3 Å². The monoisotopic (exact) mass is 376 g/mol. The summed E-state index contributed by atoms with van der Waals surface area (Å²) in [6, 6.07) is 7.54. The van der Waals surface area contributed by atoms with E-state index >= 15 is 0 Å². The summed E-state index contributed by atoms with van der Waals surface area (Å²) in [5, 5.41) is 3.33. The minimum Gasteiger partial charge on any atom is -0.464 e. The molecule has 0 spiro atoms. The van der Waals surface area contributed by atoms with Gasteiger partial charge >= 0.3 is 12.1 Å². The van der Waals surface area contributed by atoms with Gasteiger partial charge in [-0.1, -0.05) is 17.7 Å². The van der Waals surface area contributed by atoms with E-state index in [2.05, 4.69) is 5.32 Å². The van der Waals surface area contributed by atoms with Gasteiger partial charge < -0.3 is 19.7 Å². The molecule has 6 heteroatoms. The van der Waals surface area contributed by atoms with Crippen molar-refractivity contribution in [2.75, 3.05) is 25.0 Å². The van der Waals surface area contributed by atoms with Crippen molar-refractivity contribution >= 4 is 17.7 Å². The molecule has 6 nitrogen and oxygen atoms in total. The van der Waals surface area contributed by atoms with Crippen molar-refractivity contribution in [3.63, 3.8) is 0 Å². The lowest BCUT2D eigenvalue weighted by Gasteiger charge is -2.36. The summed E-state index contributed by atoms with van der Waals surface area (Å²) in [7, 11) is 0. The van der Waals surface area contributed by atoms with E-state index in [1.807, 2.05) is 58.9 Å². The summed E-state index contributed by atoms with van der Waals surface area (Å²) >= 11 is 0. The van der Waals surface area contributed by atoms with E-state index in [4.69, 9.17) is 9.47 Å². The third kappa shape index (κ3) is 6.45. The van der Waals surface area contributed by atoms with Crippen molar-refractivity contribution in [1.29, 1.82) is 0 Å². The summed E-state index contributed by atoms with van der Waals surface area (Å²) in [5.41, 5.74) is 1.56. The number of carbonyl (C=O) groups excluding carboxylic acids is 2. The minimum atomic E-state index is -0.506. The van der Waals surface area contributed by atoms with Crippen LogP contribution in [0.4, 0.5) is 10.5 Å². The molecule has 150 valence electrons. The summed E-state index contributed by atoms with van der Waals surface area (Å²) < 4.78 is 10.7. The lowest BCUT2D eigenvalue weighted by Crippen LogP contribution is -2.47. The Morgan fingerprint density at radius 1 is 1.19 bits per heavy atom. The minimum absolute atomic E-state index is 0.101. The highest BCUT2D eigenvalue weighted by atomic mass is 16.6.